The molecular weight excluding hydrogens is 212 g/mol. The van der Waals surface area contributed by atoms with Crippen molar-refractivity contribution in [3.05, 3.63) is 29.8 Å². The summed E-state index contributed by atoms with van der Waals surface area (Å²) in [5.41, 5.74) is 0.428. The summed E-state index contributed by atoms with van der Waals surface area (Å²) in [6.45, 7) is 7.10. The average Bonchev–Trinajstić information content (AvgIpc) is 2.26. The van der Waals surface area contributed by atoms with E-state index in [0.29, 0.717) is 18.4 Å². The molecule has 1 saturated carbocycles. The minimum Gasteiger partial charge on any atom is -0.494 e. The van der Waals surface area contributed by atoms with Gasteiger partial charge >= 0.3 is 0 Å². The summed E-state index contributed by atoms with van der Waals surface area (Å²) in [5.74, 6) is 2.20. The molecule has 17 heavy (non-hydrogen) atoms. The summed E-state index contributed by atoms with van der Waals surface area (Å²) >= 11 is 0. The van der Waals surface area contributed by atoms with Crippen LogP contribution in [-0.4, -0.2) is 11.7 Å². The molecule has 0 atom stereocenters. The summed E-state index contributed by atoms with van der Waals surface area (Å²) < 4.78 is 5.40. The predicted octanol–water partition coefficient (Wildman–Crippen LogP) is 3.34. The Kier molecular flexibility index (Phi) is 3.43. The van der Waals surface area contributed by atoms with Crippen LogP contribution in [0.15, 0.2) is 24.3 Å². The van der Waals surface area contributed by atoms with Crippen molar-refractivity contribution in [2.45, 2.75) is 39.2 Å². The molecule has 0 saturated heterocycles. The highest BCUT2D eigenvalue weighted by atomic mass is 16.5. The molecule has 1 aliphatic rings. The molecule has 1 fully saturated rings. The maximum absolute atomic E-state index is 10.5. The molecule has 1 aromatic rings. The van der Waals surface area contributed by atoms with Crippen molar-refractivity contribution in [2.24, 2.45) is 11.8 Å². The first-order valence-electron chi connectivity index (χ1n) is 6.51. The van der Waals surface area contributed by atoms with E-state index in [1.807, 2.05) is 31.2 Å². The second-order valence-corrected chi connectivity index (χ2v) is 5.40. The Hall–Kier alpha value is -1.02. The number of aliphatic hydroxyl groups is 1. The van der Waals surface area contributed by atoms with Crippen LogP contribution in [0.25, 0.3) is 0 Å². The molecule has 2 rings (SSSR count). The third-order valence-corrected chi connectivity index (χ3v) is 3.85. The Morgan fingerprint density at radius 2 is 1.88 bits per heavy atom. The average molecular weight is 234 g/mol. The lowest BCUT2D eigenvalue weighted by Gasteiger charge is -2.46. The highest BCUT2D eigenvalue weighted by molar-refractivity contribution is 5.32. The minimum atomic E-state index is -0.598. The molecule has 1 N–H and O–H groups in total. The zero-order chi connectivity index (χ0) is 12.5. The molecule has 0 amide bonds. The third-order valence-electron chi connectivity index (χ3n) is 3.85. The lowest BCUT2D eigenvalue weighted by molar-refractivity contribution is -0.0933. The monoisotopic (exact) mass is 234 g/mol. The summed E-state index contributed by atoms with van der Waals surface area (Å²) in [7, 11) is 0. The summed E-state index contributed by atoms with van der Waals surface area (Å²) in [6.07, 6.45) is 1.78. The Balaban J connectivity index is 2.03. The fourth-order valence-electron chi connectivity index (χ4n) is 2.54. The van der Waals surface area contributed by atoms with Crippen LogP contribution in [0.4, 0.5) is 0 Å². The van der Waals surface area contributed by atoms with E-state index in [2.05, 4.69) is 13.8 Å². The van der Waals surface area contributed by atoms with E-state index in [1.54, 1.807) is 0 Å². The predicted molar refractivity (Wildman–Crippen MR) is 69.1 cm³/mol. The SMILES string of the molecule is CCOc1ccc(C2(O)CC(C(C)C)C2)cc1. The van der Waals surface area contributed by atoms with Gasteiger partial charge in [0.2, 0.25) is 0 Å². The molecule has 0 spiro atoms. The number of hydrogen-bond donors (Lipinski definition) is 1. The lowest BCUT2D eigenvalue weighted by atomic mass is 9.63. The molecule has 2 heteroatoms. The Bertz CT molecular complexity index is 361. The van der Waals surface area contributed by atoms with Crippen molar-refractivity contribution >= 4 is 0 Å². The van der Waals surface area contributed by atoms with Gasteiger partial charge in [0.05, 0.1) is 12.2 Å². The van der Waals surface area contributed by atoms with Gasteiger partial charge in [-0.3, -0.25) is 0 Å². The third kappa shape index (κ3) is 2.47. The smallest absolute Gasteiger partial charge is 0.119 e. The van der Waals surface area contributed by atoms with Crippen molar-refractivity contribution < 1.29 is 9.84 Å². The van der Waals surface area contributed by atoms with E-state index in [-0.39, 0.29) is 0 Å². The highest BCUT2D eigenvalue weighted by Gasteiger charge is 2.44. The van der Waals surface area contributed by atoms with E-state index in [0.717, 1.165) is 24.2 Å². The van der Waals surface area contributed by atoms with Crippen molar-refractivity contribution in [3.8, 4) is 5.75 Å². The van der Waals surface area contributed by atoms with Crippen molar-refractivity contribution in [1.29, 1.82) is 0 Å². The number of ether oxygens (including phenoxy) is 1. The normalized spacial score (nSPS) is 27.9. The van der Waals surface area contributed by atoms with Gasteiger partial charge in [-0.15, -0.1) is 0 Å². The van der Waals surface area contributed by atoms with Crippen LogP contribution in [-0.2, 0) is 5.60 Å². The van der Waals surface area contributed by atoms with E-state index in [1.165, 1.54) is 0 Å². The van der Waals surface area contributed by atoms with Crippen LogP contribution >= 0.6 is 0 Å². The summed E-state index contributed by atoms with van der Waals surface area (Å²) in [5, 5.41) is 10.5. The van der Waals surface area contributed by atoms with Gasteiger partial charge in [0, 0.05) is 0 Å². The first-order chi connectivity index (χ1) is 8.05. The van der Waals surface area contributed by atoms with Crippen LogP contribution in [0.3, 0.4) is 0 Å². The van der Waals surface area contributed by atoms with Gasteiger partial charge in [-0.25, -0.2) is 0 Å². The van der Waals surface area contributed by atoms with Gasteiger partial charge in [0.15, 0.2) is 0 Å². The molecular formula is C15H22O2. The Labute approximate surface area is 104 Å². The molecule has 0 bridgehead atoms. The van der Waals surface area contributed by atoms with E-state index >= 15 is 0 Å². The second-order valence-electron chi connectivity index (χ2n) is 5.40. The molecule has 1 aliphatic carbocycles. The van der Waals surface area contributed by atoms with Crippen LogP contribution in [0.2, 0.25) is 0 Å². The number of benzene rings is 1. The van der Waals surface area contributed by atoms with Crippen molar-refractivity contribution in [1.82, 2.24) is 0 Å². The maximum Gasteiger partial charge on any atom is 0.119 e. The first kappa shape index (κ1) is 12.4. The largest absolute Gasteiger partial charge is 0.494 e. The van der Waals surface area contributed by atoms with E-state index in [9.17, 15) is 5.11 Å². The molecule has 0 heterocycles. The number of rotatable bonds is 4. The Morgan fingerprint density at radius 1 is 1.29 bits per heavy atom. The topological polar surface area (TPSA) is 29.5 Å². The van der Waals surface area contributed by atoms with Crippen LogP contribution in [0.1, 0.15) is 39.2 Å². The van der Waals surface area contributed by atoms with Gasteiger partial charge in [-0.2, -0.15) is 0 Å². The van der Waals surface area contributed by atoms with Crippen LogP contribution < -0.4 is 4.74 Å². The van der Waals surface area contributed by atoms with Gasteiger partial charge in [-0.1, -0.05) is 26.0 Å². The van der Waals surface area contributed by atoms with E-state index in [4.69, 9.17) is 4.74 Å². The highest BCUT2D eigenvalue weighted by Crippen LogP contribution is 2.48. The molecule has 1 aromatic carbocycles. The quantitative estimate of drug-likeness (QED) is 0.865. The lowest BCUT2D eigenvalue weighted by Crippen LogP contribution is -2.43. The van der Waals surface area contributed by atoms with Gasteiger partial charge in [-0.05, 0) is 49.3 Å². The first-order valence-corrected chi connectivity index (χ1v) is 6.51. The van der Waals surface area contributed by atoms with Crippen LogP contribution in [0, 0.1) is 11.8 Å². The molecule has 0 aromatic heterocycles. The summed E-state index contributed by atoms with van der Waals surface area (Å²) in [6, 6.07) is 7.86. The molecule has 2 nitrogen and oxygen atoms in total. The second kappa shape index (κ2) is 4.69. The zero-order valence-electron chi connectivity index (χ0n) is 10.9. The maximum atomic E-state index is 10.5. The standard InChI is InChI=1S/C15H22O2/c1-4-17-14-7-5-13(6-8-14)15(16)9-12(10-15)11(2)3/h5-8,11-12,16H,4,9-10H2,1-3H3. The summed E-state index contributed by atoms with van der Waals surface area (Å²) in [4.78, 5) is 0. The zero-order valence-corrected chi connectivity index (χ0v) is 10.9. The van der Waals surface area contributed by atoms with Crippen molar-refractivity contribution in [3.63, 3.8) is 0 Å². The molecule has 0 radical (unpaired) electrons. The van der Waals surface area contributed by atoms with Crippen LogP contribution in [0.5, 0.6) is 5.75 Å². The van der Waals surface area contributed by atoms with E-state index < -0.39 is 5.60 Å². The molecule has 0 aliphatic heterocycles. The van der Waals surface area contributed by atoms with Gasteiger partial charge in [0.1, 0.15) is 5.75 Å². The molecule has 94 valence electrons. The van der Waals surface area contributed by atoms with Gasteiger partial charge in [0.25, 0.3) is 0 Å². The number of hydrogen-bond acceptors (Lipinski definition) is 2. The Morgan fingerprint density at radius 3 is 2.35 bits per heavy atom. The van der Waals surface area contributed by atoms with Crippen molar-refractivity contribution in [2.75, 3.05) is 6.61 Å². The fraction of sp³-hybridized carbons (Fsp3) is 0.600. The van der Waals surface area contributed by atoms with Gasteiger partial charge < -0.3 is 9.84 Å². The minimum absolute atomic E-state index is 0.598. The fourth-order valence-corrected chi connectivity index (χ4v) is 2.54. The molecule has 0 unspecified atom stereocenters.